The quantitative estimate of drug-likeness (QED) is 0.161. The number of piperidine rings is 1. The van der Waals surface area contributed by atoms with Gasteiger partial charge < -0.3 is 15.5 Å². The van der Waals surface area contributed by atoms with Gasteiger partial charge in [-0.05, 0) is 82.7 Å². The van der Waals surface area contributed by atoms with Crippen LogP contribution >= 0.6 is 22.9 Å². The summed E-state index contributed by atoms with van der Waals surface area (Å²) in [5, 5.41) is 17.5. The zero-order valence-corrected chi connectivity index (χ0v) is 32.7. The van der Waals surface area contributed by atoms with Gasteiger partial charge in [0.1, 0.15) is 29.5 Å². The molecule has 0 spiro atoms. The van der Waals surface area contributed by atoms with E-state index < -0.39 is 12.1 Å². The lowest BCUT2D eigenvalue weighted by Crippen LogP contribution is -2.49. The predicted molar refractivity (Wildman–Crippen MR) is 210 cm³/mol. The number of aryl methyl sites for hydroxylation is 2. The van der Waals surface area contributed by atoms with Gasteiger partial charge in [-0.25, -0.2) is 0 Å². The molecule has 2 N–H and O–H groups in total. The van der Waals surface area contributed by atoms with Crippen LogP contribution < -0.4 is 10.6 Å². The van der Waals surface area contributed by atoms with Crippen LogP contribution in [0.2, 0.25) is 5.02 Å². The van der Waals surface area contributed by atoms with Crippen LogP contribution in [-0.4, -0.2) is 67.9 Å². The number of aliphatic imine (C=N–C) groups is 1. The van der Waals surface area contributed by atoms with Crippen LogP contribution in [0.25, 0.3) is 5.70 Å². The number of nitrogens with zero attached hydrogens (tertiary/aromatic N) is 5. The SMILES string of the molecule is C=C1CCC(N2Cc3c(csc3CCC(=O)CNCCCCCC(=O)C[C@@H]3N=C(c4ccc(Cl)cc4)C4=C(CC(C)=C4C)n4c(C)nnc43)C2=O)C(=O)N1. The highest BCUT2D eigenvalue weighted by Crippen LogP contribution is 2.42. The van der Waals surface area contributed by atoms with E-state index in [1.165, 1.54) is 22.5 Å². The van der Waals surface area contributed by atoms with Gasteiger partial charge in [-0.15, -0.1) is 21.5 Å². The molecule has 0 radical (unpaired) electrons. The van der Waals surface area contributed by atoms with Crippen LogP contribution in [0.3, 0.4) is 0 Å². The fourth-order valence-corrected chi connectivity index (χ4v) is 9.07. The number of carbonyl (C=O) groups excluding carboxylic acids is 4. The molecule has 4 aliphatic rings. The van der Waals surface area contributed by atoms with E-state index in [9.17, 15) is 19.2 Å². The lowest BCUT2D eigenvalue weighted by Gasteiger charge is -2.31. The van der Waals surface area contributed by atoms with Crippen molar-refractivity contribution in [1.82, 2.24) is 30.3 Å². The van der Waals surface area contributed by atoms with Gasteiger partial charge in [0, 0.05) is 70.0 Å². The maximum absolute atomic E-state index is 13.4. The number of hydrogen-bond donors (Lipinski definition) is 2. The fraction of sp³-hybridized carbons (Fsp3) is 0.439. The molecule has 0 bridgehead atoms. The molecule has 11 nitrogen and oxygen atoms in total. The maximum Gasteiger partial charge on any atom is 0.256 e. The summed E-state index contributed by atoms with van der Waals surface area (Å²) in [5.74, 6) is 1.45. The molecule has 2 aromatic heterocycles. The van der Waals surface area contributed by atoms with Gasteiger partial charge in [0.2, 0.25) is 5.91 Å². The molecule has 0 saturated carbocycles. The molecule has 2 atom stereocenters. The molecule has 1 saturated heterocycles. The van der Waals surface area contributed by atoms with Crippen molar-refractivity contribution in [3.05, 3.63) is 96.9 Å². The average Bonchev–Trinajstić information content (AvgIpc) is 3.87. The number of ketones is 2. The lowest BCUT2D eigenvalue weighted by atomic mass is 9.96. The van der Waals surface area contributed by atoms with Crippen LogP contribution in [-0.2, 0) is 27.3 Å². The van der Waals surface area contributed by atoms with Crippen molar-refractivity contribution in [2.24, 2.45) is 4.99 Å². The van der Waals surface area contributed by atoms with Crippen molar-refractivity contribution >= 4 is 57.7 Å². The lowest BCUT2D eigenvalue weighted by molar-refractivity contribution is -0.126. The first kappa shape index (κ1) is 37.8. The standard InChI is InChI=1S/C41H46ClN7O4S/c1-23-18-35-37(25(23)3)38(27-10-12-28(42)13-11-27)45-33(39-47-46-26(4)49(35)39)19-29(50)8-6-5-7-17-43-20-30(51)14-16-36-31-21-48(41(53)32(31)22-54-36)34-15-9-24(2)44-40(34)52/h10-13,22,33-34,43H,2,5-9,14-21H2,1,3-4H3,(H,44,52)/t33-,34?/m0/s1. The van der Waals surface area contributed by atoms with E-state index in [4.69, 9.17) is 16.6 Å². The Hall–Kier alpha value is -4.52. The number of rotatable bonds is 15. The summed E-state index contributed by atoms with van der Waals surface area (Å²) in [4.78, 5) is 59.6. The second-order valence-corrected chi connectivity index (χ2v) is 16.1. The topological polar surface area (TPSA) is 139 Å². The van der Waals surface area contributed by atoms with Crippen molar-refractivity contribution in [3.63, 3.8) is 0 Å². The smallest absolute Gasteiger partial charge is 0.256 e. The van der Waals surface area contributed by atoms with E-state index in [1.54, 1.807) is 4.90 Å². The van der Waals surface area contributed by atoms with Gasteiger partial charge in [-0.1, -0.05) is 42.3 Å². The number of unbranched alkanes of at least 4 members (excludes halogenated alkanes) is 2. The monoisotopic (exact) mass is 767 g/mol. The minimum absolute atomic E-state index is 0.112. The van der Waals surface area contributed by atoms with Crippen molar-refractivity contribution in [2.75, 3.05) is 13.1 Å². The number of fused-ring (bicyclic) bond motifs is 3. The third kappa shape index (κ3) is 7.69. The summed E-state index contributed by atoms with van der Waals surface area (Å²) in [6, 6.07) is 6.76. The molecule has 3 aromatic rings. The number of thiophene rings is 1. The summed E-state index contributed by atoms with van der Waals surface area (Å²) >= 11 is 7.75. The van der Waals surface area contributed by atoms with E-state index >= 15 is 0 Å². The second-order valence-electron chi connectivity index (χ2n) is 14.7. The number of allylic oxidation sites excluding steroid dienone is 5. The zero-order chi connectivity index (χ0) is 38.1. The Balaban J connectivity index is 0.859. The Labute approximate surface area is 324 Å². The zero-order valence-electron chi connectivity index (χ0n) is 31.1. The molecule has 1 fully saturated rings. The Morgan fingerprint density at radius 3 is 2.63 bits per heavy atom. The van der Waals surface area contributed by atoms with Crippen LogP contribution in [0, 0.1) is 6.92 Å². The largest absolute Gasteiger partial charge is 0.329 e. The Bertz CT molecular complexity index is 2130. The highest BCUT2D eigenvalue weighted by molar-refractivity contribution is 7.10. The predicted octanol–water partition coefficient (Wildman–Crippen LogP) is 6.86. The number of nitrogens with one attached hydrogen (secondary N) is 2. The minimum atomic E-state index is -0.487. The fourth-order valence-electron chi connectivity index (χ4n) is 7.91. The molecule has 1 aromatic carbocycles. The Kier molecular flexibility index (Phi) is 11.2. The number of amides is 2. The Morgan fingerprint density at radius 2 is 1.85 bits per heavy atom. The normalized spacial score (nSPS) is 19.5. The van der Waals surface area contributed by atoms with Gasteiger partial charge in [0.25, 0.3) is 5.91 Å². The number of aromatic nitrogens is 3. The van der Waals surface area contributed by atoms with Crippen molar-refractivity contribution < 1.29 is 19.2 Å². The molecule has 3 aliphatic heterocycles. The minimum Gasteiger partial charge on any atom is -0.329 e. The molecule has 1 aliphatic carbocycles. The molecule has 7 rings (SSSR count). The molecule has 282 valence electrons. The maximum atomic E-state index is 13.4. The summed E-state index contributed by atoms with van der Waals surface area (Å²) in [6.45, 7) is 11.4. The van der Waals surface area contributed by atoms with E-state index in [-0.39, 0.29) is 36.3 Å². The van der Waals surface area contributed by atoms with Gasteiger partial charge >= 0.3 is 0 Å². The van der Waals surface area contributed by atoms with Crippen LogP contribution in [0.4, 0.5) is 0 Å². The number of halogens is 1. The van der Waals surface area contributed by atoms with Crippen molar-refractivity contribution in [3.8, 4) is 0 Å². The number of Topliss-reactive ketones (excluding diaryl/α,β-unsaturated/α-hetero) is 2. The molecule has 54 heavy (non-hydrogen) atoms. The first-order chi connectivity index (χ1) is 26.0. The van der Waals surface area contributed by atoms with Crippen LogP contribution in [0.1, 0.15) is 116 Å². The summed E-state index contributed by atoms with van der Waals surface area (Å²) in [6.07, 6.45) is 6.15. The number of hydrogen-bond acceptors (Lipinski definition) is 9. The van der Waals surface area contributed by atoms with Gasteiger partial charge in [0.05, 0.1) is 17.8 Å². The molecule has 5 heterocycles. The second kappa shape index (κ2) is 16.1. The van der Waals surface area contributed by atoms with Crippen molar-refractivity contribution in [1.29, 1.82) is 0 Å². The third-order valence-electron chi connectivity index (χ3n) is 11.0. The van der Waals surface area contributed by atoms with E-state index in [1.807, 2.05) is 36.6 Å². The van der Waals surface area contributed by atoms with Gasteiger partial charge in [-0.3, -0.25) is 28.7 Å². The third-order valence-corrected chi connectivity index (χ3v) is 12.3. The Morgan fingerprint density at radius 1 is 1.06 bits per heavy atom. The van der Waals surface area contributed by atoms with Crippen LogP contribution in [0.5, 0.6) is 0 Å². The van der Waals surface area contributed by atoms with Gasteiger partial charge in [0.15, 0.2) is 5.82 Å². The highest BCUT2D eigenvalue weighted by atomic mass is 35.5. The van der Waals surface area contributed by atoms with Crippen LogP contribution in [0.15, 0.2) is 63.6 Å². The molecule has 1 unspecified atom stereocenters. The molecular weight excluding hydrogens is 722 g/mol. The van der Waals surface area contributed by atoms with Crippen molar-refractivity contribution in [2.45, 2.75) is 104 Å². The molecule has 2 amide bonds. The van der Waals surface area contributed by atoms with E-state index in [0.717, 1.165) is 64.5 Å². The summed E-state index contributed by atoms with van der Waals surface area (Å²) in [5.41, 5.74) is 8.76. The van der Waals surface area contributed by atoms with E-state index in [0.29, 0.717) is 67.3 Å². The summed E-state index contributed by atoms with van der Waals surface area (Å²) < 4.78 is 2.10. The average molecular weight is 768 g/mol. The van der Waals surface area contributed by atoms with E-state index in [2.05, 4.69) is 45.8 Å². The number of benzene rings is 1. The molecule has 13 heteroatoms. The molecular formula is C41H46ClN7O4S. The van der Waals surface area contributed by atoms with Gasteiger partial charge in [-0.2, -0.15) is 0 Å². The highest BCUT2D eigenvalue weighted by Gasteiger charge is 2.40. The summed E-state index contributed by atoms with van der Waals surface area (Å²) in [7, 11) is 0. The first-order valence-electron chi connectivity index (χ1n) is 18.8. The first-order valence-corrected chi connectivity index (χ1v) is 20.0. The number of carbonyl (C=O) groups is 4.